The number of carbonyl (C=O) groups is 1. The van der Waals surface area contributed by atoms with Crippen LogP contribution in [0.15, 0.2) is 18.3 Å². The molecule has 0 spiro atoms. The van der Waals surface area contributed by atoms with Crippen LogP contribution in [0.5, 0.6) is 0 Å². The molecule has 1 atom stereocenters. The van der Waals surface area contributed by atoms with Crippen molar-refractivity contribution in [3.63, 3.8) is 0 Å². The molecule has 1 aromatic heterocycles. The van der Waals surface area contributed by atoms with Gasteiger partial charge in [0.15, 0.2) is 0 Å². The van der Waals surface area contributed by atoms with E-state index >= 15 is 0 Å². The van der Waals surface area contributed by atoms with Gasteiger partial charge in [0, 0.05) is 49.1 Å². The molecular weight excluding hydrogens is 250 g/mol. The number of rotatable bonds is 6. The van der Waals surface area contributed by atoms with Crippen LogP contribution in [-0.2, 0) is 10.8 Å². The molecule has 0 radical (unpaired) electrons. The standard InChI is InChI=1S/C12H19N3O2S/c1-4-18(17)8-7-13-11-6-5-10(9-14-11)12(16)15(2)3/h5-6,9H,4,7-8H2,1-3H3,(H,13,14). The van der Waals surface area contributed by atoms with Gasteiger partial charge < -0.3 is 10.2 Å². The third-order valence-electron chi connectivity index (χ3n) is 2.37. The van der Waals surface area contributed by atoms with Crippen LogP contribution < -0.4 is 5.32 Å². The molecule has 1 amide bonds. The molecule has 0 fully saturated rings. The van der Waals surface area contributed by atoms with E-state index < -0.39 is 10.8 Å². The van der Waals surface area contributed by atoms with Crippen molar-refractivity contribution in [1.29, 1.82) is 0 Å². The summed E-state index contributed by atoms with van der Waals surface area (Å²) in [6.07, 6.45) is 1.54. The van der Waals surface area contributed by atoms with Gasteiger partial charge >= 0.3 is 0 Å². The van der Waals surface area contributed by atoms with Crippen LogP contribution in [0.1, 0.15) is 17.3 Å². The summed E-state index contributed by atoms with van der Waals surface area (Å²) in [5.74, 6) is 1.90. The highest BCUT2D eigenvalue weighted by Crippen LogP contribution is 2.06. The Morgan fingerprint density at radius 3 is 2.67 bits per heavy atom. The van der Waals surface area contributed by atoms with Crippen LogP contribution in [0.2, 0.25) is 0 Å². The van der Waals surface area contributed by atoms with Crippen LogP contribution in [0.3, 0.4) is 0 Å². The van der Waals surface area contributed by atoms with E-state index in [9.17, 15) is 9.00 Å². The van der Waals surface area contributed by atoms with Crippen molar-refractivity contribution < 1.29 is 9.00 Å². The van der Waals surface area contributed by atoms with Crippen LogP contribution in [0, 0.1) is 0 Å². The van der Waals surface area contributed by atoms with Gasteiger partial charge in [-0.05, 0) is 12.1 Å². The fourth-order valence-electron chi connectivity index (χ4n) is 1.32. The van der Waals surface area contributed by atoms with Gasteiger partial charge in [0.1, 0.15) is 5.82 Å². The summed E-state index contributed by atoms with van der Waals surface area (Å²) >= 11 is 0. The second-order valence-electron chi connectivity index (χ2n) is 3.99. The lowest BCUT2D eigenvalue weighted by molar-refractivity contribution is 0.0827. The maximum Gasteiger partial charge on any atom is 0.254 e. The Balaban J connectivity index is 2.50. The molecule has 1 heterocycles. The van der Waals surface area contributed by atoms with E-state index in [4.69, 9.17) is 0 Å². The average Bonchev–Trinajstić information content (AvgIpc) is 2.38. The highest BCUT2D eigenvalue weighted by atomic mass is 32.2. The second-order valence-corrected chi connectivity index (χ2v) is 5.86. The molecule has 0 aliphatic rings. The number of amides is 1. The van der Waals surface area contributed by atoms with Crippen LogP contribution in [-0.4, -0.2) is 52.1 Å². The van der Waals surface area contributed by atoms with Gasteiger partial charge in [0.25, 0.3) is 5.91 Å². The molecule has 0 saturated heterocycles. The zero-order valence-electron chi connectivity index (χ0n) is 11.0. The Labute approximate surface area is 110 Å². The van der Waals surface area contributed by atoms with E-state index in [0.717, 1.165) is 0 Å². The monoisotopic (exact) mass is 269 g/mol. The summed E-state index contributed by atoms with van der Waals surface area (Å²) in [6.45, 7) is 2.52. The first kappa shape index (κ1) is 14.6. The molecule has 6 heteroatoms. The van der Waals surface area contributed by atoms with Gasteiger partial charge in [-0.1, -0.05) is 6.92 Å². The van der Waals surface area contributed by atoms with Crippen molar-refractivity contribution in [2.45, 2.75) is 6.92 Å². The SMILES string of the molecule is CCS(=O)CCNc1ccc(C(=O)N(C)C)cn1. The third-order valence-corrected chi connectivity index (χ3v) is 3.68. The molecular formula is C12H19N3O2S. The molecule has 1 N–H and O–H groups in total. The number of pyridine rings is 1. The van der Waals surface area contributed by atoms with E-state index in [2.05, 4.69) is 10.3 Å². The third kappa shape index (κ3) is 4.44. The molecule has 0 aliphatic heterocycles. The lowest BCUT2D eigenvalue weighted by Crippen LogP contribution is -2.21. The van der Waals surface area contributed by atoms with Gasteiger partial charge in [-0.3, -0.25) is 9.00 Å². The molecule has 5 nitrogen and oxygen atoms in total. The Morgan fingerprint density at radius 2 is 2.17 bits per heavy atom. The Morgan fingerprint density at radius 1 is 1.44 bits per heavy atom. The molecule has 1 rings (SSSR count). The molecule has 1 aromatic rings. The minimum Gasteiger partial charge on any atom is -0.369 e. The maximum atomic E-state index is 11.6. The largest absolute Gasteiger partial charge is 0.369 e. The van der Waals surface area contributed by atoms with Gasteiger partial charge in [-0.25, -0.2) is 4.98 Å². The minimum atomic E-state index is -0.770. The lowest BCUT2D eigenvalue weighted by Gasteiger charge is -2.10. The van der Waals surface area contributed by atoms with Crippen LogP contribution >= 0.6 is 0 Å². The maximum absolute atomic E-state index is 11.6. The molecule has 0 aliphatic carbocycles. The molecule has 0 saturated carbocycles. The second kappa shape index (κ2) is 7.10. The van der Waals surface area contributed by atoms with E-state index in [0.29, 0.717) is 29.4 Å². The van der Waals surface area contributed by atoms with Crippen LogP contribution in [0.4, 0.5) is 5.82 Å². The van der Waals surface area contributed by atoms with Crippen LogP contribution in [0.25, 0.3) is 0 Å². The highest BCUT2D eigenvalue weighted by molar-refractivity contribution is 7.84. The topological polar surface area (TPSA) is 62.3 Å². The van der Waals surface area contributed by atoms with Gasteiger partial charge in [0.05, 0.1) is 5.56 Å². The van der Waals surface area contributed by atoms with Crippen molar-refractivity contribution in [1.82, 2.24) is 9.88 Å². The summed E-state index contributed by atoms with van der Waals surface area (Å²) in [7, 11) is 2.64. The molecule has 0 aromatic carbocycles. The smallest absolute Gasteiger partial charge is 0.254 e. The number of anilines is 1. The first-order chi connectivity index (χ1) is 8.54. The first-order valence-corrected chi connectivity index (χ1v) is 7.30. The van der Waals surface area contributed by atoms with Gasteiger partial charge in [0.2, 0.25) is 0 Å². The van der Waals surface area contributed by atoms with E-state index in [1.165, 1.54) is 4.90 Å². The average molecular weight is 269 g/mol. The predicted molar refractivity (Wildman–Crippen MR) is 74.3 cm³/mol. The first-order valence-electron chi connectivity index (χ1n) is 5.81. The summed E-state index contributed by atoms with van der Waals surface area (Å²) in [4.78, 5) is 17.3. The van der Waals surface area contributed by atoms with Crippen molar-refractivity contribution in [3.8, 4) is 0 Å². The predicted octanol–water partition coefficient (Wildman–Crippen LogP) is 0.964. The van der Waals surface area contributed by atoms with Crippen molar-refractivity contribution in [3.05, 3.63) is 23.9 Å². The van der Waals surface area contributed by atoms with E-state index in [1.54, 1.807) is 32.4 Å². The Kier molecular flexibility index (Phi) is 5.77. The van der Waals surface area contributed by atoms with Gasteiger partial charge in [-0.2, -0.15) is 0 Å². The number of nitrogens with zero attached hydrogens (tertiary/aromatic N) is 2. The van der Waals surface area contributed by atoms with E-state index in [1.807, 2.05) is 6.92 Å². The number of aromatic nitrogens is 1. The summed E-state index contributed by atoms with van der Waals surface area (Å²) < 4.78 is 11.2. The van der Waals surface area contributed by atoms with Crippen molar-refractivity contribution in [2.24, 2.45) is 0 Å². The fourth-order valence-corrected chi connectivity index (χ4v) is 1.94. The quantitative estimate of drug-likeness (QED) is 0.835. The van der Waals surface area contributed by atoms with Crippen molar-refractivity contribution >= 4 is 22.5 Å². The number of hydrogen-bond acceptors (Lipinski definition) is 4. The summed E-state index contributed by atoms with van der Waals surface area (Å²) in [5.41, 5.74) is 0.558. The highest BCUT2D eigenvalue weighted by Gasteiger charge is 2.07. The Bertz CT molecular complexity index is 418. The molecule has 0 bridgehead atoms. The summed E-state index contributed by atoms with van der Waals surface area (Å²) in [5, 5.41) is 3.08. The normalized spacial score (nSPS) is 11.9. The van der Waals surface area contributed by atoms with E-state index in [-0.39, 0.29) is 5.91 Å². The zero-order valence-corrected chi connectivity index (χ0v) is 11.8. The van der Waals surface area contributed by atoms with Gasteiger partial charge in [-0.15, -0.1) is 0 Å². The number of nitrogens with one attached hydrogen (secondary N) is 1. The molecule has 100 valence electrons. The molecule has 1 unspecified atom stereocenters. The Hall–Kier alpha value is -1.43. The lowest BCUT2D eigenvalue weighted by atomic mass is 10.2. The van der Waals surface area contributed by atoms with Crippen molar-refractivity contribution in [2.75, 3.05) is 37.5 Å². The number of hydrogen-bond donors (Lipinski definition) is 1. The number of carbonyl (C=O) groups excluding carboxylic acids is 1. The molecule has 18 heavy (non-hydrogen) atoms. The zero-order chi connectivity index (χ0) is 13.5. The minimum absolute atomic E-state index is 0.0684. The summed E-state index contributed by atoms with van der Waals surface area (Å²) in [6, 6.07) is 3.49. The fraction of sp³-hybridized carbons (Fsp3) is 0.500.